The van der Waals surface area contributed by atoms with Crippen LogP contribution in [-0.2, 0) is 0 Å². The number of nitrogens with zero attached hydrogens (tertiary/aromatic N) is 2. The molecule has 1 aliphatic rings. The van der Waals surface area contributed by atoms with Gasteiger partial charge in [0, 0.05) is 18.2 Å². The second-order valence-electron chi connectivity index (χ2n) is 6.40. The predicted molar refractivity (Wildman–Crippen MR) is 77.4 cm³/mol. The first kappa shape index (κ1) is 14.3. The van der Waals surface area contributed by atoms with Gasteiger partial charge in [0.1, 0.15) is 6.07 Å². The van der Waals surface area contributed by atoms with Crippen LogP contribution in [-0.4, -0.2) is 11.0 Å². The molecule has 20 heavy (non-hydrogen) atoms. The number of anilines is 1. The maximum absolute atomic E-state index is 10.7. The summed E-state index contributed by atoms with van der Waals surface area (Å²) in [5, 5.41) is 23.3. The summed E-state index contributed by atoms with van der Waals surface area (Å²) in [6, 6.07) is 6.74. The van der Waals surface area contributed by atoms with Crippen molar-refractivity contribution in [1.82, 2.24) is 0 Å². The van der Waals surface area contributed by atoms with Crippen molar-refractivity contribution in [3.8, 4) is 6.07 Å². The van der Waals surface area contributed by atoms with Crippen molar-refractivity contribution in [2.75, 3.05) is 5.32 Å². The van der Waals surface area contributed by atoms with E-state index >= 15 is 0 Å². The lowest BCUT2D eigenvalue weighted by atomic mass is 9.91. The van der Waals surface area contributed by atoms with Crippen LogP contribution in [0.4, 0.5) is 11.4 Å². The Hall–Kier alpha value is -2.09. The molecule has 0 aliphatic heterocycles. The first-order valence-corrected chi connectivity index (χ1v) is 6.77. The third-order valence-electron chi connectivity index (χ3n) is 4.01. The van der Waals surface area contributed by atoms with E-state index in [4.69, 9.17) is 5.26 Å². The van der Waals surface area contributed by atoms with Gasteiger partial charge >= 0.3 is 0 Å². The number of hydrogen-bond donors (Lipinski definition) is 1. The van der Waals surface area contributed by atoms with E-state index in [2.05, 4.69) is 26.1 Å². The van der Waals surface area contributed by atoms with E-state index in [9.17, 15) is 10.1 Å². The number of benzene rings is 1. The lowest BCUT2D eigenvalue weighted by Gasteiger charge is -2.20. The van der Waals surface area contributed by atoms with Crippen LogP contribution in [0.25, 0.3) is 0 Å². The Labute approximate surface area is 118 Å². The molecule has 0 heterocycles. The SMILES string of the molecule is CC1CC(C)(C)CC1Nc1ccc([N+](=O)[O-])cc1C#N. The van der Waals surface area contributed by atoms with Crippen molar-refractivity contribution in [1.29, 1.82) is 5.26 Å². The fraction of sp³-hybridized carbons (Fsp3) is 0.533. The number of nitrogens with one attached hydrogen (secondary N) is 1. The molecule has 2 unspecified atom stereocenters. The Kier molecular flexibility index (Phi) is 3.67. The fourth-order valence-electron chi connectivity index (χ4n) is 3.15. The standard InChI is InChI=1S/C15H19N3O2/c1-10-7-15(2,3)8-14(10)17-13-5-4-12(18(19)20)6-11(13)9-16/h4-6,10,14,17H,7-8H2,1-3H3. The second-order valence-corrected chi connectivity index (χ2v) is 6.40. The molecule has 1 N–H and O–H groups in total. The van der Waals surface area contributed by atoms with Crippen LogP contribution in [0.1, 0.15) is 39.2 Å². The van der Waals surface area contributed by atoms with E-state index < -0.39 is 4.92 Å². The van der Waals surface area contributed by atoms with Crippen LogP contribution in [0.3, 0.4) is 0 Å². The quantitative estimate of drug-likeness (QED) is 0.672. The summed E-state index contributed by atoms with van der Waals surface area (Å²) >= 11 is 0. The minimum absolute atomic E-state index is 0.0492. The summed E-state index contributed by atoms with van der Waals surface area (Å²) in [4.78, 5) is 10.3. The molecular weight excluding hydrogens is 254 g/mol. The molecule has 0 radical (unpaired) electrons. The molecule has 5 heteroatoms. The molecule has 1 aliphatic carbocycles. The Morgan fingerprint density at radius 2 is 2.15 bits per heavy atom. The van der Waals surface area contributed by atoms with Crippen molar-refractivity contribution in [2.45, 2.75) is 39.7 Å². The van der Waals surface area contributed by atoms with Gasteiger partial charge in [0.25, 0.3) is 5.69 Å². The number of nitriles is 1. The molecule has 2 rings (SSSR count). The van der Waals surface area contributed by atoms with Gasteiger partial charge in [-0.15, -0.1) is 0 Å². The van der Waals surface area contributed by atoms with Gasteiger partial charge in [-0.05, 0) is 30.2 Å². The minimum Gasteiger partial charge on any atom is -0.381 e. The Bertz CT molecular complexity index is 575. The Morgan fingerprint density at radius 1 is 1.45 bits per heavy atom. The van der Waals surface area contributed by atoms with Crippen molar-refractivity contribution in [3.63, 3.8) is 0 Å². The van der Waals surface area contributed by atoms with Gasteiger partial charge in [-0.2, -0.15) is 5.26 Å². The lowest BCUT2D eigenvalue weighted by molar-refractivity contribution is -0.384. The molecule has 5 nitrogen and oxygen atoms in total. The van der Waals surface area contributed by atoms with Crippen molar-refractivity contribution in [2.24, 2.45) is 11.3 Å². The predicted octanol–water partition coefficient (Wildman–Crippen LogP) is 3.70. The highest BCUT2D eigenvalue weighted by atomic mass is 16.6. The molecule has 1 fully saturated rings. The maximum atomic E-state index is 10.7. The summed E-state index contributed by atoms with van der Waals surface area (Å²) < 4.78 is 0. The van der Waals surface area contributed by atoms with Crippen LogP contribution in [0.2, 0.25) is 0 Å². The normalized spacial score (nSPS) is 24.1. The van der Waals surface area contributed by atoms with E-state index in [0.29, 0.717) is 28.6 Å². The van der Waals surface area contributed by atoms with Crippen LogP contribution < -0.4 is 5.32 Å². The second kappa shape index (κ2) is 5.12. The Morgan fingerprint density at radius 3 is 2.65 bits per heavy atom. The van der Waals surface area contributed by atoms with E-state index in [1.807, 2.05) is 6.07 Å². The zero-order valence-electron chi connectivity index (χ0n) is 12.0. The number of rotatable bonds is 3. The number of nitro groups is 1. The zero-order chi connectivity index (χ0) is 14.9. The molecule has 0 amide bonds. The number of nitro benzene ring substituents is 1. The van der Waals surface area contributed by atoms with Gasteiger partial charge in [-0.3, -0.25) is 10.1 Å². The smallest absolute Gasteiger partial charge is 0.270 e. The average Bonchev–Trinajstić information content (AvgIpc) is 2.62. The van der Waals surface area contributed by atoms with E-state index in [1.54, 1.807) is 6.07 Å². The third-order valence-corrected chi connectivity index (χ3v) is 4.01. The molecule has 0 spiro atoms. The molecule has 1 aromatic rings. The highest BCUT2D eigenvalue weighted by Crippen LogP contribution is 2.42. The van der Waals surface area contributed by atoms with Gasteiger partial charge in [-0.1, -0.05) is 20.8 Å². The fourth-order valence-corrected chi connectivity index (χ4v) is 3.15. The summed E-state index contributed by atoms with van der Waals surface area (Å²) in [5.74, 6) is 0.520. The number of non-ortho nitro benzene ring substituents is 1. The summed E-state index contributed by atoms with van der Waals surface area (Å²) in [6.07, 6.45) is 2.18. The monoisotopic (exact) mass is 273 g/mol. The number of hydrogen-bond acceptors (Lipinski definition) is 4. The molecule has 2 atom stereocenters. The van der Waals surface area contributed by atoms with Crippen molar-refractivity contribution >= 4 is 11.4 Å². The molecule has 1 saturated carbocycles. The van der Waals surface area contributed by atoms with Gasteiger partial charge in [0.15, 0.2) is 0 Å². The van der Waals surface area contributed by atoms with Crippen LogP contribution in [0, 0.1) is 32.8 Å². The van der Waals surface area contributed by atoms with E-state index in [-0.39, 0.29) is 5.69 Å². The van der Waals surface area contributed by atoms with Crippen LogP contribution in [0.15, 0.2) is 18.2 Å². The van der Waals surface area contributed by atoms with Gasteiger partial charge in [-0.25, -0.2) is 0 Å². The first-order chi connectivity index (χ1) is 9.32. The van der Waals surface area contributed by atoms with Crippen molar-refractivity contribution in [3.05, 3.63) is 33.9 Å². The molecular formula is C15H19N3O2. The largest absolute Gasteiger partial charge is 0.381 e. The summed E-state index contributed by atoms with van der Waals surface area (Å²) in [6.45, 7) is 6.68. The van der Waals surface area contributed by atoms with Crippen LogP contribution >= 0.6 is 0 Å². The summed E-state index contributed by atoms with van der Waals surface area (Å²) in [5.41, 5.74) is 1.26. The molecule has 0 aromatic heterocycles. The third kappa shape index (κ3) is 2.90. The maximum Gasteiger partial charge on any atom is 0.270 e. The van der Waals surface area contributed by atoms with Crippen LogP contribution in [0.5, 0.6) is 0 Å². The topological polar surface area (TPSA) is 79.0 Å². The zero-order valence-corrected chi connectivity index (χ0v) is 12.0. The molecule has 0 bridgehead atoms. The van der Waals surface area contributed by atoms with Crippen molar-refractivity contribution < 1.29 is 4.92 Å². The molecule has 1 aromatic carbocycles. The van der Waals surface area contributed by atoms with E-state index in [1.165, 1.54) is 12.1 Å². The van der Waals surface area contributed by atoms with E-state index in [0.717, 1.165) is 12.8 Å². The van der Waals surface area contributed by atoms with Gasteiger partial charge in [0.05, 0.1) is 16.2 Å². The van der Waals surface area contributed by atoms with Gasteiger partial charge in [0.2, 0.25) is 0 Å². The highest BCUT2D eigenvalue weighted by molar-refractivity contribution is 5.61. The summed E-state index contributed by atoms with van der Waals surface area (Å²) in [7, 11) is 0. The van der Waals surface area contributed by atoms with Gasteiger partial charge < -0.3 is 5.32 Å². The molecule has 106 valence electrons. The minimum atomic E-state index is -0.480. The average molecular weight is 273 g/mol. The Balaban J connectivity index is 2.22. The highest BCUT2D eigenvalue weighted by Gasteiger charge is 2.36. The lowest BCUT2D eigenvalue weighted by Crippen LogP contribution is -2.23. The molecule has 0 saturated heterocycles. The first-order valence-electron chi connectivity index (χ1n) is 6.77.